The first-order valence-electron chi connectivity index (χ1n) is 7.61. The van der Waals surface area contributed by atoms with Crippen LogP contribution in [0.3, 0.4) is 0 Å². The molecule has 0 spiro atoms. The number of benzene rings is 1. The summed E-state index contributed by atoms with van der Waals surface area (Å²) in [7, 11) is 0. The zero-order valence-corrected chi connectivity index (χ0v) is 12.9. The first-order valence-corrected chi connectivity index (χ1v) is 7.61. The van der Waals surface area contributed by atoms with Gasteiger partial charge < -0.3 is 14.2 Å². The van der Waals surface area contributed by atoms with Crippen LogP contribution < -0.4 is 0 Å². The third kappa shape index (κ3) is 3.81. The third-order valence-electron chi connectivity index (χ3n) is 4.03. The summed E-state index contributed by atoms with van der Waals surface area (Å²) >= 11 is 0. The lowest BCUT2D eigenvalue weighted by atomic mass is 10.0. The Hall–Kier alpha value is -0.900. The van der Waals surface area contributed by atoms with E-state index in [-0.39, 0.29) is 11.9 Å². The highest BCUT2D eigenvalue weighted by Crippen LogP contribution is 2.26. The van der Waals surface area contributed by atoms with Crippen LogP contribution >= 0.6 is 0 Å². The Bertz CT molecular complexity index is 408. The normalized spacial score (nSPS) is 26.6. The van der Waals surface area contributed by atoms with Crippen molar-refractivity contribution in [1.82, 2.24) is 0 Å². The Kier molecular flexibility index (Phi) is 5.58. The van der Waals surface area contributed by atoms with Gasteiger partial charge in [-0.15, -0.1) is 0 Å². The van der Waals surface area contributed by atoms with Gasteiger partial charge in [0.25, 0.3) is 0 Å². The Morgan fingerprint density at radius 2 is 1.90 bits per heavy atom. The maximum atomic E-state index is 6.16. The van der Waals surface area contributed by atoms with Crippen molar-refractivity contribution in [3.8, 4) is 0 Å². The van der Waals surface area contributed by atoms with E-state index in [1.807, 2.05) is 0 Å². The number of aryl methyl sites for hydroxylation is 1. The minimum absolute atomic E-state index is 0.0539. The van der Waals surface area contributed by atoms with Crippen molar-refractivity contribution in [1.29, 1.82) is 0 Å². The molecule has 0 unspecified atom stereocenters. The van der Waals surface area contributed by atoms with E-state index in [0.717, 1.165) is 19.3 Å². The van der Waals surface area contributed by atoms with Crippen LogP contribution in [0.5, 0.6) is 0 Å². The molecule has 0 bridgehead atoms. The van der Waals surface area contributed by atoms with Crippen LogP contribution in [0.25, 0.3) is 0 Å². The third-order valence-corrected chi connectivity index (χ3v) is 4.03. The second-order valence-electron chi connectivity index (χ2n) is 5.59. The molecule has 3 heteroatoms. The maximum absolute atomic E-state index is 6.16. The largest absolute Gasteiger partial charge is 0.365 e. The maximum Gasteiger partial charge on any atom is 0.157 e. The van der Waals surface area contributed by atoms with Gasteiger partial charge in [-0.05, 0) is 30.9 Å². The summed E-state index contributed by atoms with van der Waals surface area (Å²) in [5.41, 5.74) is 2.20. The van der Waals surface area contributed by atoms with Crippen LogP contribution in [0.15, 0.2) is 24.3 Å². The van der Waals surface area contributed by atoms with Gasteiger partial charge in [0, 0.05) is 0 Å². The molecule has 1 aliphatic rings. The van der Waals surface area contributed by atoms with Gasteiger partial charge in [-0.25, -0.2) is 0 Å². The molecule has 3 nitrogen and oxygen atoms in total. The molecule has 2 rings (SSSR count). The topological polar surface area (TPSA) is 27.7 Å². The summed E-state index contributed by atoms with van der Waals surface area (Å²) in [6, 6.07) is 8.33. The summed E-state index contributed by atoms with van der Waals surface area (Å²) in [5.74, 6) is 0. The van der Waals surface area contributed by atoms with Crippen molar-refractivity contribution in [3.63, 3.8) is 0 Å². The summed E-state index contributed by atoms with van der Waals surface area (Å²) in [5, 5.41) is 0. The molecule has 0 aliphatic carbocycles. The van der Waals surface area contributed by atoms with Gasteiger partial charge in [-0.3, -0.25) is 0 Å². The minimum atomic E-state index is -0.299. The minimum Gasteiger partial charge on any atom is -0.365 e. The summed E-state index contributed by atoms with van der Waals surface area (Å²) in [6.07, 6.45) is 2.88. The van der Waals surface area contributed by atoms with Gasteiger partial charge in [0.2, 0.25) is 0 Å². The van der Waals surface area contributed by atoms with Crippen molar-refractivity contribution in [2.24, 2.45) is 0 Å². The van der Waals surface area contributed by atoms with E-state index in [1.165, 1.54) is 11.1 Å². The molecule has 112 valence electrons. The molecule has 1 aliphatic heterocycles. The molecule has 0 amide bonds. The van der Waals surface area contributed by atoms with E-state index in [2.05, 4.69) is 45.0 Å². The number of ether oxygens (including phenoxy) is 3. The number of rotatable bonds is 6. The molecular weight excluding hydrogens is 252 g/mol. The standard InChI is InChI=1S/C17H26O3/c1-4-8-16-18-12-17(5-2,13-19-16)20-11-15-10-7-6-9-14(15)3/h6-7,9-10,16H,4-5,8,11-13H2,1-3H3/t16-,17+. The van der Waals surface area contributed by atoms with Crippen LogP contribution in [0.4, 0.5) is 0 Å². The Balaban J connectivity index is 1.91. The summed E-state index contributed by atoms with van der Waals surface area (Å²) in [4.78, 5) is 0. The first-order chi connectivity index (χ1) is 9.69. The van der Waals surface area contributed by atoms with Gasteiger partial charge in [0.15, 0.2) is 6.29 Å². The van der Waals surface area contributed by atoms with E-state index in [0.29, 0.717) is 19.8 Å². The fourth-order valence-electron chi connectivity index (χ4n) is 2.37. The lowest BCUT2D eigenvalue weighted by Gasteiger charge is -2.39. The van der Waals surface area contributed by atoms with Crippen molar-refractivity contribution < 1.29 is 14.2 Å². The average molecular weight is 278 g/mol. The van der Waals surface area contributed by atoms with Crippen molar-refractivity contribution in [2.45, 2.75) is 58.5 Å². The van der Waals surface area contributed by atoms with Crippen molar-refractivity contribution in [2.75, 3.05) is 13.2 Å². The highest BCUT2D eigenvalue weighted by molar-refractivity contribution is 5.24. The monoisotopic (exact) mass is 278 g/mol. The molecular formula is C17H26O3. The van der Waals surface area contributed by atoms with E-state index < -0.39 is 0 Å². The molecule has 0 N–H and O–H groups in total. The SMILES string of the molecule is CCC[C@H]1OC[C@@](CC)(OCc2ccccc2C)CO1. The van der Waals surface area contributed by atoms with E-state index >= 15 is 0 Å². The van der Waals surface area contributed by atoms with Gasteiger partial charge in [-0.1, -0.05) is 44.5 Å². The predicted octanol–water partition coefficient (Wildman–Crippen LogP) is 3.83. The van der Waals surface area contributed by atoms with Crippen LogP contribution in [0.2, 0.25) is 0 Å². The van der Waals surface area contributed by atoms with Crippen LogP contribution in [-0.2, 0) is 20.8 Å². The average Bonchev–Trinajstić information content (AvgIpc) is 2.49. The van der Waals surface area contributed by atoms with Gasteiger partial charge >= 0.3 is 0 Å². The Morgan fingerprint density at radius 3 is 2.50 bits per heavy atom. The van der Waals surface area contributed by atoms with Crippen LogP contribution in [-0.4, -0.2) is 25.1 Å². The molecule has 1 aromatic carbocycles. The van der Waals surface area contributed by atoms with Crippen molar-refractivity contribution in [3.05, 3.63) is 35.4 Å². The van der Waals surface area contributed by atoms with Crippen molar-refractivity contribution >= 4 is 0 Å². The quantitative estimate of drug-likeness (QED) is 0.791. The zero-order chi connectivity index (χ0) is 14.4. The highest BCUT2D eigenvalue weighted by Gasteiger charge is 2.36. The number of hydrogen-bond acceptors (Lipinski definition) is 3. The predicted molar refractivity (Wildman–Crippen MR) is 79.6 cm³/mol. The van der Waals surface area contributed by atoms with Gasteiger partial charge in [0.05, 0.1) is 19.8 Å². The van der Waals surface area contributed by atoms with Crippen LogP contribution in [0.1, 0.15) is 44.2 Å². The van der Waals surface area contributed by atoms with E-state index in [1.54, 1.807) is 0 Å². The first kappa shape index (κ1) is 15.5. The highest BCUT2D eigenvalue weighted by atomic mass is 16.7. The fourth-order valence-corrected chi connectivity index (χ4v) is 2.37. The second kappa shape index (κ2) is 7.21. The second-order valence-corrected chi connectivity index (χ2v) is 5.59. The Labute approximate surface area is 122 Å². The van der Waals surface area contributed by atoms with Crippen LogP contribution in [0, 0.1) is 6.92 Å². The fraction of sp³-hybridized carbons (Fsp3) is 0.647. The smallest absolute Gasteiger partial charge is 0.157 e. The number of hydrogen-bond donors (Lipinski definition) is 0. The van der Waals surface area contributed by atoms with Gasteiger partial charge in [-0.2, -0.15) is 0 Å². The zero-order valence-electron chi connectivity index (χ0n) is 12.9. The molecule has 1 fully saturated rings. The Morgan fingerprint density at radius 1 is 1.20 bits per heavy atom. The van der Waals surface area contributed by atoms with E-state index in [9.17, 15) is 0 Å². The van der Waals surface area contributed by atoms with Gasteiger partial charge in [0.1, 0.15) is 5.60 Å². The molecule has 1 aromatic rings. The molecule has 20 heavy (non-hydrogen) atoms. The molecule has 0 atom stereocenters. The molecule has 0 saturated carbocycles. The lowest BCUT2D eigenvalue weighted by Crippen LogP contribution is -2.48. The molecule has 0 radical (unpaired) electrons. The molecule has 0 aromatic heterocycles. The van der Waals surface area contributed by atoms with E-state index in [4.69, 9.17) is 14.2 Å². The lowest BCUT2D eigenvalue weighted by molar-refractivity contribution is -0.270. The molecule has 1 saturated heterocycles. The summed E-state index contributed by atoms with van der Waals surface area (Å²) < 4.78 is 17.8. The summed E-state index contributed by atoms with van der Waals surface area (Å²) in [6.45, 7) is 8.25. The molecule has 1 heterocycles.